The summed E-state index contributed by atoms with van der Waals surface area (Å²) in [5.41, 5.74) is 0. The predicted molar refractivity (Wildman–Crippen MR) is 82.8 cm³/mol. The molecule has 21 heavy (non-hydrogen) atoms. The van der Waals surface area contributed by atoms with E-state index in [0.29, 0.717) is 18.7 Å². The molecule has 0 atom stereocenters. The number of methoxy groups -OCH3 is 1. The molecule has 0 aliphatic carbocycles. The second-order valence-corrected chi connectivity index (χ2v) is 5.57. The summed E-state index contributed by atoms with van der Waals surface area (Å²) in [5, 5.41) is 11.3. The minimum absolute atomic E-state index is 0.0129. The standard InChI is InChI=1S/C15H21NO4S/c1-20-12-6-5-7-13(10-12)21-11-14(17)16-9-4-2-3-8-15(18)19/h5-7,10H,2-4,8-9,11H2,1H3,(H,16,17)(H,18,19). The van der Waals surface area contributed by atoms with Crippen LogP contribution in [0.2, 0.25) is 0 Å². The van der Waals surface area contributed by atoms with Crippen molar-refractivity contribution in [3.63, 3.8) is 0 Å². The van der Waals surface area contributed by atoms with E-state index in [-0.39, 0.29) is 12.3 Å². The van der Waals surface area contributed by atoms with Gasteiger partial charge >= 0.3 is 5.97 Å². The van der Waals surface area contributed by atoms with Gasteiger partial charge in [0.15, 0.2) is 0 Å². The van der Waals surface area contributed by atoms with Crippen LogP contribution in [0.15, 0.2) is 29.2 Å². The Kier molecular flexibility index (Phi) is 8.35. The van der Waals surface area contributed by atoms with Crippen molar-refractivity contribution < 1.29 is 19.4 Å². The highest BCUT2D eigenvalue weighted by atomic mass is 32.2. The number of hydrogen-bond donors (Lipinski definition) is 2. The maximum Gasteiger partial charge on any atom is 0.303 e. The first-order valence-electron chi connectivity index (χ1n) is 6.87. The number of amides is 1. The molecule has 0 saturated carbocycles. The average molecular weight is 311 g/mol. The minimum Gasteiger partial charge on any atom is -0.497 e. The Morgan fingerprint density at radius 1 is 1.29 bits per heavy atom. The normalized spacial score (nSPS) is 10.1. The van der Waals surface area contributed by atoms with Crippen LogP contribution in [-0.4, -0.2) is 36.4 Å². The summed E-state index contributed by atoms with van der Waals surface area (Å²) in [7, 11) is 1.61. The SMILES string of the molecule is COc1cccc(SCC(=O)NCCCCCC(=O)O)c1. The Labute approximate surface area is 129 Å². The molecule has 0 fully saturated rings. The van der Waals surface area contributed by atoms with E-state index in [9.17, 15) is 9.59 Å². The summed E-state index contributed by atoms with van der Waals surface area (Å²) in [6.45, 7) is 0.594. The van der Waals surface area contributed by atoms with Gasteiger partial charge < -0.3 is 15.2 Å². The van der Waals surface area contributed by atoms with Crippen LogP contribution in [0.5, 0.6) is 5.75 Å². The Hall–Kier alpha value is -1.69. The number of aliphatic carboxylic acids is 1. The summed E-state index contributed by atoms with van der Waals surface area (Å²) in [4.78, 5) is 23.0. The molecule has 0 spiro atoms. The Balaban J connectivity index is 2.12. The summed E-state index contributed by atoms with van der Waals surface area (Å²) < 4.78 is 5.13. The number of ether oxygens (including phenoxy) is 1. The van der Waals surface area contributed by atoms with Crippen molar-refractivity contribution in [3.05, 3.63) is 24.3 Å². The molecular formula is C15H21NO4S. The topological polar surface area (TPSA) is 75.6 Å². The smallest absolute Gasteiger partial charge is 0.303 e. The van der Waals surface area contributed by atoms with E-state index in [4.69, 9.17) is 9.84 Å². The van der Waals surface area contributed by atoms with Gasteiger partial charge in [0.05, 0.1) is 12.9 Å². The molecule has 0 bridgehead atoms. The first-order chi connectivity index (χ1) is 10.1. The quantitative estimate of drug-likeness (QED) is 0.513. The zero-order valence-corrected chi connectivity index (χ0v) is 12.9. The second kappa shape index (κ2) is 10.1. The van der Waals surface area contributed by atoms with Crippen molar-refractivity contribution in [2.24, 2.45) is 0 Å². The highest BCUT2D eigenvalue weighted by Crippen LogP contribution is 2.22. The predicted octanol–water partition coefficient (Wildman–Crippen LogP) is 2.55. The molecule has 6 heteroatoms. The minimum atomic E-state index is -0.770. The average Bonchev–Trinajstić information content (AvgIpc) is 2.48. The number of carboxylic acid groups (broad SMARTS) is 1. The zero-order chi connectivity index (χ0) is 15.5. The van der Waals surface area contributed by atoms with Gasteiger partial charge in [-0.25, -0.2) is 0 Å². The lowest BCUT2D eigenvalue weighted by Crippen LogP contribution is -2.26. The molecule has 1 aromatic rings. The van der Waals surface area contributed by atoms with Crippen molar-refractivity contribution >= 4 is 23.6 Å². The van der Waals surface area contributed by atoms with Crippen LogP contribution in [0.4, 0.5) is 0 Å². The molecule has 0 unspecified atom stereocenters. The number of thioether (sulfide) groups is 1. The monoisotopic (exact) mass is 311 g/mol. The number of benzene rings is 1. The molecule has 1 aromatic carbocycles. The van der Waals surface area contributed by atoms with E-state index in [2.05, 4.69) is 5.32 Å². The third-order valence-corrected chi connectivity index (χ3v) is 3.79. The lowest BCUT2D eigenvalue weighted by molar-refractivity contribution is -0.137. The second-order valence-electron chi connectivity index (χ2n) is 4.52. The van der Waals surface area contributed by atoms with Gasteiger partial charge in [-0.1, -0.05) is 12.5 Å². The molecule has 0 saturated heterocycles. The number of carbonyl (C=O) groups excluding carboxylic acids is 1. The van der Waals surface area contributed by atoms with Crippen molar-refractivity contribution in [2.75, 3.05) is 19.4 Å². The van der Waals surface area contributed by atoms with Crippen molar-refractivity contribution in [2.45, 2.75) is 30.6 Å². The molecule has 0 aliphatic rings. The van der Waals surface area contributed by atoms with Crippen LogP contribution >= 0.6 is 11.8 Å². The molecule has 116 valence electrons. The fourth-order valence-electron chi connectivity index (χ4n) is 1.70. The van der Waals surface area contributed by atoms with Gasteiger partial charge in [-0.15, -0.1) is 11.8 Å². The zero-order valence-electron chi connectivity index (χ0n) is 12.1. The van der Waals surface area contributed by atoms with Crippen LogP contribution in [0.25, 0.3) is 0 Å². The van der Waals surface area contributed by atoms with E-state index >= 15 is 0 Å². The molecule has 0 aromatic heterocycles. The molecule has 0 radical (unpaired) electrons. The number of hydrogen-bond acceptors (Lipinski definition) is 4. The lowest BCUT2D eigenvalue weighted by atomic mass is 10.2. The number of carbonyl (C=O) groups is 2. The summed E-state index contributed by atoms with van der Waals surface area (Å²) in [5.74, 6) is 0.357. The van der Waals surface area contributed by atoms with Crippen LogP contribution in [0.1, 0.15) is 25.7 Å². The maximum atomic E-state index is 11.7. The molecule has 5 nitrogen and oxygen atoms in total. The highest BCUT2D eigenvalue weighted by molar-refractivity contribution is 8.00. The van der Waals surface area contributed by atoms with E-state index in [1.54, 1.807) is 7.11 Å². The van der Waals surface area contributed by atoms with Crippen LogP contribution in [0.3, 0.4) is 0 Å². The van der Waals surface area contributed by atoms with Gasteiger partial charge in [0, 0.05) is 17.9 Å². The van der Waals surface area contributed by atoms with E-state index < -0.39 is 5.97 Å². The fraction of sp³-hybridized carbons (Fsp3) is 0.467. The van der Waals surface area contributed by atoms with Gasteiger partial charge in [-0.3, -0.25) is 9.59 Å². The van der Waals surface area contributed by atoms with E-state index in [0.717, 1.165) is 23.5 Å². The maximum absolute atomic E-state index is 11.7. The van der Waals surface area contributed by atoms with Crippen molar-refractivity contribution in [1.29, 1.82) is 0 Å². The largest absolute Gasteiger partial charge is 0.497 e. The Morgan fingerprint density at radius 2 is 2.10 bits per heavy atom. The molecule has 1 rings (SSSR count). The molecule has 0 aliphatic heterocycles. The Morgan fingerprint density at radius 3 is 2.81 bits per heavy atom. The number of nitrogens with one attached hydrogen (secondary N) is 1. The molecule has 1 amide bonds. The van der Waals surface area contributed by atoms with Crippen LogP contribution < -0.4 is 10.1 Å². The first-order valence-corrected chi connectivity index (χ1v) is 7.85. The van der Waals surface area contributed by atoms with E-state index in [1.165, 1.54) is 11.8 Å². The fourth-order valence-corrected chi connectivity index (χ4v) is 2.47. The van der Waals surface area contributed by atoms with Gasteiger partial charge in [-0.2, -0.15) is 0 Å². The number of carboxylic acids is 1. The van der Waals surface area contributed by atoms with Gasteiger partial charge in [0.1, 0.15) is 5.75 Å². The van der Waals surface area contributed by atoms with Crippen LogP contribution in [-0.2, 0) is 9.59 Å². The molecule has 0 heterocycles. The molecular weight excluding hydrogens is 290 g/mol. The summed E-state index contributed by atoms with van der Waals surface area (Å²) >= 11 is 1.46. The number of rotatable bonds is 10. The third kappa shape index (κ3) is 8.24. The summed E-state index contributed by atoms with van der Waals surface area (Å²) in [6.07, 6.45) is 2.47. The first kappa shape index (κ1) is 17.4. The van der Waals surface area contributed by atoms with E-state index in [1.807, 2.05) is 24.3 Å². The van der Waals surface area contributed by atoms with Gasteiger partial charge in [0.25, 0.3) is 0 Å². The number of unbranched alkanes of at least 4 members (excludes halogenated alkanes) is 2. The van der Waals surface area contributed by atoms with Gasteiger partial charge in [0.2, 0.25) is 5.91 Å². The molecule has 2 N–H and O–H groups in total. The summed E-state index contributed by atoms with van der Waals surface area (Å²) in [6, 6.07) is 7.58. The van der Waals surface area contributed by atoms with Crippen molar-refractivity contribution in [1.82, 2.24) is 5.32 Å². The van der Waals surface area contributed by atoms with Crippen LogP contribution in [0, 0.1) is 0 Å². The van der Waals surface area contributed by atoms with Gasteiger partial charge in [-0.05, 0) is 31.0 Å². The lowest BCUT2D eigenvalue weighted by Gasteiger charge is -2.06. The Bertz CT molecular complexity index is 465. The van der Waals surface area contributed by atoms with Crippen molar-refractivity contribution in [3.8, 4) is 5.75 Å². The highest BCUT2D eigenvalue weighted by Gasteiger charge is 2.03. The third-order valence-electron chi connectivity index (χ3n) is 2.80.